The van der Waals surface area contributed by atoms with Crippen LogP contribution in [0.15, 0.2) is 47.5 Å². The average Bonchev–Trinajstić information content (AvgIpc) is 2.41. The molecule has 5 nitrogen and oxygen atoms in total. The molecule has 7 heteroatoms. The Balaban J connectivity index is 2.24. The Morgan fingerprint density at radius 3 is 2.37 bits per heavy atom. The molecule has 0 saturated heterocycles. The minimum Gasteiger partial charge on any atom is -0.326 e. The van der Waals surface area contributed by atoms with Gasteiger partial charge in [0.25, 0.3) is 10.0 Å². The SMILES string of the molecule is NCc1ccc(S(=O)(=O)Nc2ccc(F)cn2)cc1. The maximum atomic E-state index is 12.7. The van der Waals surface area contributed by atoms with Crippen LogP contribution in [-0.4, -0.2) is 13.4 Å². The number of nitrogens with one attached hydrogen (secondary N) is 1. The second kappa shape index (κ2) is 5.33. The largest absolute Gasteiger partial charge is 0.326 e. The Morgan fingerprint density at radius 2 is 1.84 bits per heavy atom. The van der Waals surface area contributed by atoms with E-state index in [-0.39, 0.29) is 10.7 Å². The van der Waals surface area contributed by atoms with Crippen molar-refractivity contribution < 1.29 is 12.8 Å². The molecule has 0 fully saturated rings. The van der Waals surface area contributed by atoms with Crippen LogP contribution in [0.3, 0.4) is 0 Å². The Hall–Kier alpha value is -1.99. The predicted octanol–water partition coefficient (Wildman–Crippen LogP) is 1.48. The van der Waals surface area contributed by atoms with Crippen molar-refractivity contribution in [2.45, 2.75) is 11.4 Å². The van der Waals surface area contributed by atoms with E-state index in [9.17, 15) is 12.8 Å². The number of nitrogens with two attached hydrogens (primary N) is 1. The topological polar surface area (TPSA) is 85.1 Å². The van der Waals surface area contributed by atoms with E-state index >= 15 is 0 Å². The third kappa shape index (κ3) is 3.27. The van der Waals surface area contributed by atoms with E-state index in [2.05, 4.69) is 9.71 Å². The maximum absolute atomic E-state index is 12.7. The maximum Gasteiger partial charge on any atom is 0.263 e. The molecular weight excluding hydrogens is 269 g/mol. The summed E-state index contributed by atoms with van der Waals surface area (Å²) in [5.41, 5.74) is 6.27. The Morgan fingerprint density at radius 1 is 1.16 bits per heavy atom. The van der Waals surface area contributed by atoms with Gasteiger partial charge in [0.15, 0.2) is 0 Å². The minimum atomic E-state index is -3.73. The van der Waals surface area contributed by atoms with Crippen LogP contribution in [0.5, 0.6) is 0 Å². The lowest BCUT2D eigenvalue weighted by Gasteiger charge is -2.07. The summed E-state index contributed by atoms with van der Waals surface area (Å²) in [6.07, 6.45) is 0.940. The van der Waals surface area contributed by atoms with Crippen molar-refractivity contribution in [2.24, 2.45) is 5.73 Å². The van der Waals surface area contributed by atoms with Gasteiger partial charge < -0.3 is 5.73 Å². The normalized spacial score (nSPS) is 11.3. The number of hydrogen-bond acceptors (Lipinski definition) is 4. The van der Waals surface area contributed by atoms with Crippen LogP contribution < -0.4 is 10.5 Å². The van der Waals surface area contributed by atoms with Crippen molar-refractivity contribution in [2.75, 3.05) is 4.72 Å². The van der Waals surface area contributed by atoms with Crippen molar-refractivity contribution in [3.63, 3.8) is 0 Å². The molecule has 0 saturated carbocycles. The second-order valence-electron chi connectivity index (χ2n) is 3.82. The summed E-state index contributed by atoms with van der Waals surface area (Å²) in [5.74, 6) is -0.473. The molecular formula is C12H12FN3O2S. The predicted molar refractivity (Wildman–Crippen MR) is 69.3 cm³/mol. The summed E-state index contributed by atoms with van der Waals surface area (Å²) in [5, 5.41) is 0. The summed E-state index contributed by atoms with van der Waals surface area (Å²) in [6.45, 7) is 0.341. The number of anilines is 1. The van der Waals surface area contributed by atoms with Crippen molar-refractivity contribution in [1.82, 2.24) is 4.98 Å². The van der Waals surface area contributed by atoms with Gasteiger partial charge >= 0.3 is 0 Å². The van der Waals surface area contributed by atoms with Gasteiger partial charge in [-0.2, -0.15) is 0 Å². The van der Waals surface area contributed by atoms with E-state index < -0.39 is 15.8 Å². The highest BCUT2D eigenvalue weighted by molar-refractivity contribution is 7.92. The number of pyridine rings is 1. The zero-order valence-corrected chi connectivity index (χ0v) is 10.7. The molecule has 2 aromatic rings. The van der Waals surface area contributed by atoms with Crippen molar-refractivity contribution in [1.29, 1.82) is 0 Å². The molecule has 0 spiro atoms. The first kappa shape index (κ1) is 13.4. The molecule has 0 aliphatic carbocycles. The lowest BCUT2D eigenvalue weighted by atomic mass is 10.2. The van der Waals surface area contributed by atoms with E-state index in [1.54, 1.807) is 12.1 Å². The Bertz CT molecular complexity index is 654. The van der Waals surface area contributed by atoms with Gasteiger partial charge in [0.1, 0.15) is 11.6 Å². The van der Waals surface area contributed by atoms with Gasteiger partial charge in [0.2, 0.25) is 0 Å². The van der Waals surface area contributed by atoms with Crippen molar-refractivity contribution in [3.8, 4) is 0 Å². The van der Waals surface area contributed by atoms with E-state index in [0.29, 0.717) is 6.54 Å². The van der Waals surface area contributed by atoms with Gasteiger partial charge in [-0.3, -0.25) is 4.72 Å². The number of benzene rings is 1. The molecule has 0 unspecified atom stereocenters. The summed E-state index contributed by atoms with van der Waals surface area (Å²) in [6, 6.07) is 8.55. The first-order chi connectivity index (χ1) is 9.01. The molecule has 19 heavy (non-hydrogen) atoms. The third-order valence-corrected chi connectivity index (χ3v) is 3.81. The van der Waals surface area contributed by atoms with E-state index in [0.717, 1.165) is 17.8 Å². The molecule has 0 bridgehead atoms. The van der Waals surface area contributed by atoms with Gasteiger partial charge in [-0.25, -0.2) is 17.8 Å². The molecule has 0 atom stereocenters. The van der Waals surface area contributed by atoms with Gasteiger partial charge in [0, 0.05) is 6.54 Å². The highest BCUT2D eigenvalue weighted by Gasteiger charge is 2.14. The molecule has 1 aromatic carbocycles. The number of sulfonamides is 1. The van der Waals surface area contributed by atoms with Gasteiger partial charge in [-0.1, -0.05) is 12.1 Å². The number of nitrogens with zero attached hydrogens (tertiary/aromatic N) is 1. The highest BCUT2D eigenvalue weighted by Crippen LogP contribution is 2.15. The van der Waals surface area contributed by atoms with Crippen LogP contribution in [0.4, 0.5) is 10.2 Å². The fraction of sp³-hybridized carbons (Fsp3) is 0.0833. The van der Waals surface area contributed by atoms with Gasteiger partial charge in [-0.05, 0) is 29.8 Å². The molecule has 1 aromatic heterocycles. The first-order valence-electron chi connectivity index (χ1n) is 5.44. The van der Waals surface area contributed by atoms with E-state index in [1.165, 1.54) is 18.2 Å². The van der Waals surface area contributed by atoms with Crippen molar-refractivity contribution in [3.05, 3.63) is 54.0 Å². The smallest absolute Gasteiger partial charge is 0.263 e. The summed E-state index contributed by atoms with van der Waals surface area (Å²) < 4.78 is 39.0. The monoisotopic (exact) mass is 281 g/mol. The fourth-order valence-corrected chi connectivity index (χ4v) is 2.45. The number of aromatic nitrogens is 1. The minimum absolute atomic E-state index is 0.0595. The Labute approximate surface area is 110 Å². The summed E-state index contributed by atoms with van der Waals surface area (Å²) >= 11 is 0. The number of hydrogen-bond donors (Lipinski definition) is 2. The molecule has 0 aliphatic heterocycles. The zero-order chi connectivity index (χ0) is 13.9. The van der Waals surface area contributed by atoms with E-state index in [4.69, 9.17) is 5.73 Å². The number of rotatable bonds is 4. The quantitative estimate of drug-likeness (QED) is 0.889. The second-order valence-corrected chi connectivity index (χ2v) is 5.50. The van der Waals surface area contributed by atoms with Gasteiger partial charge in [0.05, 0.1) is 11.1 Å². The van der Waals surface area contributed by atoms with Crippen LogP contribution in [0, 0.1) is 5.82 Å². The van der Waals surface area contributed by atoms with Gasteiger partial charge in [-0.15, -0.1) is 0 Å². The molecule has 0 radical (unpaired) electrons. The number of halogens is 1. The lowest BCUT2D eigenvalue weighted by Crippen LogP contribution is -2.14. The Kier molecular flexibility index (Phi) is 3.77. The summed E-state index contributed by atoms with van der Waals surface area (Å²) in [7, 11) is -3.73. The molecule has 100 valence electrons. The highest BCUT2D eigenvalue weighted by atomic mass is 32.2. The third-order valence-electron chi connectivity index (χ3n) is 2.44. The first-order valence-corrected chi connectivity index (χ1v) is 6.93. The van der Waals surface area contributed by atoms with Crippen LogP contribution in [0.2, 0.25) is 0 Å². The summed E-state index contributed by atoms with van der Waals surface area (Å²) in [4.78, 5) is 3.73. The average molecular weight is 281 g/mol. The molecule has 0 aliphatic rings. The van der Waals surface area contributed by atoms with Crippen LogP contribution in [-0.2, 0) is 16.6 Å². The molecule has 1 heterocycles. The van der Waals surface area contributed by atoms with Crippen LogP contribution in [0.1, 0.15) is 5.56 Å². The van der Waals surface area contributed by atoms with E-state index in [1.807, 2.05) is 0 Å². The lowest BCUT2D eigenvalue weighted by molar-refractivity contribution is 0.600. The van der Waals surface area contributed by atoms with Crippen molar-refractivity contribution >= 4 is 15.8 Å². The standard InChI is InChI=1S/C12H12FN3O2S/c13-10-3-6-12(15-8-10)16-19(17,18)11-4-1-9(7-14)2-5-11/h1-6,8H,7,14H2,(H,15,16). The van der Waals surface area contributed by atoms with Crippen LogP contribution >= 0.6 is 0 Å². The molecule has 2 rings (SSSR count). The van der Waals surface area contributed by atoms with Crippen LogP contribution in [0.25, 0.3) is 0 Å². The fourth-order valence-electron chi connectivity index (χ4n) is 1.44. The zero-order valence-electron chi connectivity index (χ0n) is 9.88. The molecule has 0 amide bonds. The molecule has 3 N–H and O–H groups in total.